The minimum Gasteiger partial charge on any atom is -0.397 e. The zero-order chi connectivity index (χ0) is 14.6. The maximum atomic E-state index is 12.5. The molecular formula is C14H22ClN3O. The van der Waals surface area contributed by atoms with Crippen LogP contribution in [-0.4, -0.2) is 28.9 Å². The van der Waals surface area contributed by atoms with Gasteiger partial charge in [-0.1, -0.05) is 39.3 Å². The third-order valence-electron chi connectivity index (χ3n) is 2.55. The van der Waals surface area contributed by atoms with E-state index in [4.69, 9.17) is 17.3 Å². The highest BCUT2D eigenvalue weighted by Crippen LogP contribution is 2.19. The Kier molecular flexibility index (Phi) is 5.60. The highest BCUT2D eigenvalue weighted by atomic mass is 35.5. The van der Waals surface area contributed by atoms with Gasteiger partial charge in [0, 0.05) is 13.1 Å². The number of hydrogen-bond donors (Lipinski definition) is 1. The van der Waals surface area contributed by atoms with Crippen molar-refractivity contribution < 1.29 is 4.79 Å². The fourth-order valence-corrected chi connectivity index (χ4v) is 2.09. The molecule has 4 nitrogen and oxygen atoms in total. The minimum atomic E-state index is -0.104. The van der Waals surface area contributed by atoms with E-state index in [1.807, 2.05) is 4.90 Å². The van der Waals surface area contributed by atoms with E-state index in [0.717, 1.165) is 0 Å². The number of nitrogen functional groups attached to an aromatic ring is 1. The number of aromatic nitrogens is 1. The lowest BCUT2D eigenvalue weighted by Gasteiger charge is -2.26. The zero-order valence-corrected chi connectivity index (χ0v) is 12.7. The number of rotatable bonds is 5. The van der Waals surface area contributed by atoms with Crippen LogP contribution in [0.15, 0.2) is 12.3 Å². The van der Waals surface area contributed by atoms with Crippen LogP contribution in [0.3, 0.4) is 0 Å². The number of anilines is 1. The van der Waals surface area contributed by atoms with Crippen LogP contribution in [0.25, 0.3) is 0 Å². The first-order valence-corrected chi connectivity index (χ1v) is 6.89. The Morgan fingerprint density at radius 3 is 2.32 bits per heavy atom. The maximum Gasteiger partial charge on any atom is 0.257 e. The topological polar surface area (TPSA) is 59.2 Å². The third-order valence-corrected chi connectivity index (χ3v) is 2.85. The number of nitrogens with two attached hydrogens (primary N) is 1. The molecule has 0 unspecified atom stereocenters. The quantitative estimate of drug-likeness (QED) is 0.845. The number of carbonyl (C=O) groups excluding carboxylic acids is 1. The van der Waals surface area contributed by atoms with Crippen molar-refractivity contribution in [2.45, 2.75) is 27.7 Å². The molecule has 0 aliphatic heterocycles. The highest BCUT2D eigenvalue weighted by molar-refractivity contribution is 6.32. The van der Waals surface area contributed by atoms with E-state index in [1.165, 1.54) is 6.20 Å². The average molecular weight is 284 g/mol. The van der Waals surface area contributed by atoms with E-state index in [1.54, 1.807) is 6.07 Å². The lowest BCUT2D eigenvalue weighted by atomic mass is 10.1. The standard InChI is InChI=1S/C14H22ClN3O/c1-9(2)7-18(8-10(3)4)14(19)12-5-11(16)6-17-13(12)15/h5-6,9-10H,7-8,16H2,1-4H3. The van der Waals surface area contributed by atoms with Gasteiger partial charge in [-0.15, -0.1) is 0 Å². The van der Waals surface area contributed by atoms with Gasteiger partial charge in [0.15, 0.2) is 0 Å². The zero-order valence-electron chi connectivity index (χ0n) is 12.0. The number of amides is 1. The van der Waals surface area contributed by atoms with Gasteiger partial charge in [-0.2, -0.15) is 0 Å². The first-order chi connectivity index (χ1) is 8.81. The summed E-state index contributed by atoms with van der Waals surface area (Å²) in [5, 5.41) is 0.205. The second kappa shape index (κ2) is 6.75. The smallest absolute Gasteiger partial charge is 0.257 e. The molecular weight excluding hydrogens is 262 g/mol. The van der Waals surface area contributed by atoms with Crippen LogP contribution in [0.1, 0.15) is 38.1 Å². The van der Waals surface area contributed by atoms with Gasteiger partial charge < -0.3 is 10.6 Å². The fourth-order valence-electron chi connectivity index (χ4n) is 1.91. The van der Waals surface area contributed by atoms with Crippen molar-refractivity contribution >= 4 is 23.2 Å². The summed E-state index contributed by atoms with van der Waals surface area (Å²) in [5.41, 5.74) is 6.50. The molecule has 1 aromatic rings. The first-order valence-electron chi connectivity index (χ1n) is 6.51. The molecule has 1 amide bonds. The molecule has 0 radical (unpaired) electrons. The van der Waals surface area contributed by atoms with Crippen LogP contribution in [-0.2, 0) is 0 Å². The summed E-state index contributed by atoms with van der Waals surface area (Å²) < 4.78 is 0. The third kappa shape index (κ3) is 4.71. The number of carbonyl (C=O) groups is 1. The maximum absolute atomic E-state index is 12.5. The molecule has 0 aliphatic rings. The number of nitrogens with zero attached hydrogens (tertiary/aromatic N) is 2. The molecule has 0 aromatic carbocycles. The predicted octanol–water partition coefficient (Wildman–Crippen LogP) is 3.07. The fraction of sp³-hybridized carbons (Fsp3) is 0.571. The van der Waals surface area contributed by atoms with Crippen molar-refractivity contribution in [3.05, 3.63) is 23.0 Å². The molecule has 0 bridgehead atoms. The largest absolute Gasteiger partial charge is 0.397 e. The van der Waals surface area contributed by atoms with Crippen molar-refractivity contribution in [1.82, 2.24) is 9.88 Å². The SMILES string of the molecule is CC(C)CN(CC(C)C)C(=O)c1cc(N)cnc1Cl. The van der Waals surface area contributed by atoms with Gasteiger partial charge in [0.25, 0.3) is 5.91 Å². The van der Waals surface area contributed by atoms with E-state index in [2.05, 4.69) is 32.7 Å². The van der Waals surface area contributed by atoms with Gasteiger partial charge in [-0.05, 0) is 17.9 Å². The lowest BCUT2D eigenvalue weighted by Crippen LogP contribution is -2.37. The molecule has 106 valence electrons. The van der Waals surface area contributed by atoms with Crippen molar-refractivity contribution in [2.75, 3.05) is 18.8 Å². The van der Waals surface area contributed by atoms with Crippen LogP contribution >= 0.6 is 11.6 Å². The van der Waals surface area contributed by atoms with Gasteiger partial charge >= 0.3 is 0 Å². The summed E-state index contributed by atoms with van der Waals surface area (Å²) >= 11 is 5.99. The summed E-state index contributed by atoms with van der Waals surface area (Å²) in [7, 11) is 0. The molecule has 1 heterocycles. The Hall–Kier alpha value is -1.29. The number of hydrogen-bond acceptors (Lipinski definition) is 3. The second-order valence-corrected chi connectivity index (χ2v) is 5.96. The molecule has 1 aromatic heterocycles. The Morgan fingerprint density at radius 2 is 1.84 bits per heavy atom. The van der Waals surface area contributed by atoms with Crippen LogP contribution in [0, 0.1) is 11.8 Å². The molecule has 1 rings (SSSR count). The van der Waals surface area contributed by atoms with Gasteiger partial charge in [0.1, 0.15) is 5.15 Å². The summed E-state index contributed by atoms with van der Waals surface area (Å²) in [4.78, 5) is 18.3. The summed E-state index contributed by atoms with van der Waals surface area (Å²) in [6.45, 7) is 9.73. The van der Waals surface area contributed by atoms with Crippen LogP contribution in [0.5, 0.6) is 0 Å². The van der Waals surface area contributed by atoms with Gasteiger partial charge in [-0.25, -0.2) is 4.98 Å². The summed E-state index contributed by atoms with van der Waals surface area (Å²) in [6, 6.07) is 1.59. The average Bonchev–Trinajstić information content (AvgIpc) is 2.29. The number of halogens is 1. The van der Waals surface area contributed by atoms with E-state index < -0.39 is 0 Å². The highest BCUT2D eigenvalue weighted by Gasteiger charge is 2.21. The summed E-state index contributed by atoms with van der Waals surface area (Å²) in [6.07, 6.45) is 1.45. The molecule has 0 saturated heterocycles. The van der Waals surface area contributed by atoms with Crippen LogP contribution in [0.2, 0.25) is 5.15 Å². The van der Waals surface area contributed by atoms with Crippen molar-refractivity contribution in [2.24, 2.45) is 11.8 Å². The Labute approximate surface area is 120 Å². The molecule has 0 aliphatic carbocycles. The van der Waals surface area contributed by atoms with Crippen LogP contribution < -0.4 is 5.73 Å². The molecule has 2 N–H and O–H groups in total. The normalized spacial score (nSPS) is 11.1. The van der Waals surface area contributed by atoms with Crippen LogP contribution in [0.4, 0.5) is 5.69 Å². The Morgan fingerprint density at radius 1 is 1.32 bits per heavy atom. The summed E-state index contributed by atoms with van der Waals surface area (Å²) in [5.74, 6) is 0.693. The molecule has 0 atom stereocenters. The van der Waals surface area contributed by atoms with E-state index in [0.29, 0.717) is 36.2 Å². The second-order valence-electron chi connectivity index (χ2n) is 5.60. The molecule has 0 fully saturated rings. The first kappa shape index (κ1) is 15.8. The van der Waals surface area contributed by atoms with Crippen molar-refractivity contribution in [1.29, 1.82) is 0 Å². The minimum absolute atomic E-state index is 0.104. The van der Waals surface area contributed by atoms with Gasteiger partial charge in [-0.3, -0.25) is 4.79 Å². The van der Waals surface area contributed by atoms with Gasteiger partial charge in [0.2, 0.25) is 0 Å². The lowest BCUT2D eigenvalue weighted by molar-refractivity contribution is 0.0715. The number of pyridine rings is 1. The Bertz CT molecular complexity index is 436. The van der Waals surface area contributed by atoms with Crippen molar-refractivity contribution in [3.63, 3.8) is 0 Å². The monoisotopic (exact) mass is 283 g/mol. The molecule has 0 saturated carbocycles. The van der Waals surface area contributed by atoms with E-state index in [9.17, 15) is 4.79 Å². The van der Waals surface area contributed by atoms with Crippen molar-refractivity contribution in [3.8, 4) is 0 Å². The van der Waals surface area contributed by atoms with E-state index in [-0.39, 0.29) is 11.1 Å². The molecule has 0 spiro atoms. The molecule has 19 heavy (non-hydrogen) atoms. The Balaban J connectivity index is 3.00. The predicted molar refractivity (Wildman–Crippen MR) is 79.2 cm³/mol. The molecule has 5 heteroatoms. The van der Waals surface area contributed by atoms with E-state index >= 15 is 0 Å². The van der Waals surface area contributed by atoms with Gasteiger partial charge in [0.05, 0.1) is 17.4 Å².